The summed E-state index contributed by atoms with van der Waals surface area (Å²) in [4.78, 5) is 15.2. The number of hydrogen-bond acceptors (Lipinski definition) is 2. The molecular formula is C17H23ClN2O. The first kappa shape index (κ1) is 14.9. The maximum absolute atomic E-state index is 13.1. The van der Waals surface area contributed by atoms with Crippen LogP contribution in [0.2, 0.25) is 5.02 Å². The van der Waals surface area contributed by atoms with E-state index in [1.54, 1.807) is 0 Å². The topological polar surface area (TPSA) is 32.3 Å². The van der Waals surface area contributed by atoms with Crippen molar-refractivity contribution in [1.82, 2.24) is 10.2 Å². The van der Waals surface area contributed by atoms with Crippen LogP contribution in [0.25, 0.3) is 0 Å². The van der Waals surface area contributed by atoms with Gasteiger partial charge in [0, 0.05) is 24.2 Å². The number of rotatable bonds is 5. The number of benzene rings is 1. The molecule has 114 valence electrons. The molecule has 1 saturated heterocycles. The lowest BCUT2D eigenvalue weighted by Crippen LogP contribution is -2.45. The molecule has 1 unspecified atom stereocenters. The van der Waals surface area contributed by atoms with Gasteiger partial charge in [0.25, 0.3) is 0 Å². The average Bonchev–Trinajstić information content (AvgIpc) is 3.22. The summed E-state index contributed by atoms with van der Waals surface area (Å²) < 4.78 is 0. The Labute approximate surface area is 131 Å². The zero-order valence-electron chi connectivity index (χ0n) is 12.6. The minimum Gasteiger partial charge on any atom is -0.335 e. The van der Waals surface area contributed by atoms with Gasteiger partial charge in [-0.2, -0.15) is 0 Å². The van der Waals surface area contributed by atoms with Gasteiger partial charge < -0.3 is 10.2 Å². The number of carbonyl (C=O) groups excluding carboxylic acids is 1. The molecule has 1 aromatic carbocycles. The Bertz CT molecular complexity index is 504. The van der Waals surface area contributed by atoms with Gasteiger partial charge in [0.05, 0.1) is 5.41 Å². The van der Waals surface area contributed by atoms with Crippen LogP contribution in [-0.4, -0.2) is 29.9 Å². The van der Waals surface area contributed by atoms with Crippen LogP contribution in [0.15, 0.2) is 24.3 Å². The normalized spacial score (nSPS) is 25.0. The van der Waals surface area contributed by atoms with E-state index < -0.39 is 0 Å². The molecule has 2 fully saturated rings. The summed E-state index contributed by atoms with van der Waals surface area (Å²) in [6.45, 7) is 4.63. The summed E-state index contributed by atoms with van der Waals surface area (Å²) in [7, 11) is 0. The molecule has 0 bridgehead atoms. The molecule has 0 radical (unpaired) electrons. The quantitative estimate of drug-likeness (QED) is 0.906. The lowest BCUT2D eigenvalue weighted by atomic mass is 9.82. The second-order valence-electron chi connectivity index (χ2n) is 6.35. The van der Waals surface area contributed by atoms with E-state index in [0.29, 0.717) is 18.5 Å². The molecule has 1 aliphatic carbocycles. The van der Waals surface area contributed by atoms with Gasteiger partial charge >= 0.3 is 0 Å². The van der Waals surface area contributed by atoms with Crippen molar-refractivity contribution in [2.45, 2.75) is 45.2 Å². The van der Waals surface area contributed by atoms with Crippen LogP contribution >= 0.6 is 11.6 Å². The fourth-order valence-electron chi connectivity index (χ4n) is 3.22. The molecule has 1 aliphatic heterocycles. The smallest absolute Gasteiger partial charge is 0.230 e. The highest BCUT2D eigenvalue weighted by Crippen LogP contribution is 2.37. The van der Waals surface area contributed by atoms with E-state index in [1.807, 2.05) is 24.3 Å². The number of nitrogens with zero attached hydrogens (tertiary/aromatic N) is 1. The van der Waals surface area contributed by atoms with Crippen LogP contribution in [0, 0.1) is 5.41 Å². The SMILES string of the molecule is CCC1(C(=O)N(Cc2ccc(Cl)cc2)C2CC2)CCNC1. The highest BCUT2D eigenvalue weighted by Gasteiger charge is 2.45. The van der Waals surface area contributed by atoms with E-state index in [2.05, 4.69) is 17.1 Å². The molecule has 3 nitrogen and oxygen atoms in total. The Morgan fingerprint density at radius 2 is 2.10 bits per heavy atom. The molecule has 1 saturated carbocycles. The minimum atomic E-state index is -0.186. The van der Waals surface area contributed by atoms with Crippen molar-refractivity contribution in [3.8, 4) is 0 Å². The van der Waals surface area contributed by atoms with Gasteiger partial charge in [-0.25, -0.2) is 0 Å². The van der Waals surface area contributed by atoms with Crippen molar-refractivity contribution in [3.63, 3.8) is 0 Å². The third-order valence-electron chi connectivity index (χ3n) is 4.89. The Hall–Kier alpha value is -1.06. The predicted molar refractivity (Wildman–Crippen MR) is 85.2 cm³/mol. The molecule has 1 N–H and O–H groups in total. The summed E-state index contributed by atoms with van der Waals surface area (Å²) in [5.74, 6) is 0.340. The second-order valence-corrected chi connectivity index (χ2v) is 6.79. The summed E-state index contributed by atoms with van der Waals surface area (Å²) >= 11 is 5.95. The molecule has 1 atom stereocenters. The molecule has 2 aliphatic rings. The van der Waals surface area contributed by atoms with Gasteiger partial charge in [-0.3, -0.25) is 4.79 Å². The summed E-state index contributed by atoms with van der Waals surface area (Å²) in [5, 5.41) is 4.11. The first-order valence-electron chi connectivity index (χ1n) is 7.91. The molecule has 1 amide bonds. The summed E-state index contributed by atoms with van der Waals surface area (Å²) in [6, 6.07) is 8.29. The van der Waals surface area contributed by atoms with Gasteiger partial charge in [0.15, 0.2) is 0 Å². The first-order valence-corrected chi connectivity index (χ1v) is 8.29. The standard InChI is InChI=1S/C17H23ClN2O/c1-2-17(9-10-19-12-17)16(21)20(15-7-8-15)11-13-3-5-14(18)6-4-13/h3-6,15,19H,2,7-12H2,1H3. The lowest BCUT2D eigenvalue weighted by molar-refractivity contribution is -0.142. The number of amides is 1. The molecule has 3 rings (SSSR count). The number of halogens is 1. The van der Waals surface area contributed by atoms with Crippen LogP contribution in [0.1, 0.15) is 38.2 Å². The fourth-order valence-corrected chi connectivity index (χ4v) is 3.35. The maximum Gasteiger partial charge on any atom is 0.230 e. The zero-order valence-corrected chi connectivity index (χ0v) is 13.3. The Morgan fingerprint density at radius 3 is 2.62 bits per heavy atom. The molecular weight excluding hydrogens is 284 g/mol. The highest BCUT2D eigenvalue weighted by molar-refractivity contribution is 6.30. The molecule has 21 heavy (non-hydrogen) atoms. The Kier molecular flexibility index (Phi) is 4.23. The molecule has 1 aromatic rings. The maximum atomic E-state index is 13.1. The van der Waals surface area contributed by atoms with Crippen LogP contribution in [-0.2, 0) is 11.3 Å². The Balaban J connectivity index is 1.78. The third-order valence-corrected chi connectivity index (χ3v) is 5.14. The van der Waals surface area contributed by atoms with Crippen molar-refractivity contribution < 1.29 is 4.79 Å². The average molecular weight is 307 g/mol. The van der Waals surface area contributed by atoms with Crippen molar-refractivity contribution in [2.24, 2.45) is 5.41 Å². The number of carbonyl (C=O) groups is 1. The van der Waals surface area contributed by atoms with Crippen LogP contribution in [0.5, 0.6) is 0 Å². The van der Waals surface area contributed by atoms with Gasteiger partial charge in [0.1, 0.15) is 0 Å². The van der Waals surface area contributed by atoms with Gasteiger partial charge in [-0.05, 0) is 49.9 Å². The van der Waals surface area contributed by atoms with Crippen molar-refractivity contribution in [1.29, 1.82) is 0 Å². The monoisotopic (exact) mass is 306 g/mol. The van der Waals surface area contributed by atoms with Crippen LogP contribution < -0.4 is 5.32 Å². The predicted octanol–water partition coefficient (Wildman–Crippen LogP) is 3.22. The van der Waals surface area contributed by atoms with E-state index in [-0.39, 0.29) is 5.41 Å². The second kappa shape index (κ2) is 5.98. The van der Waals surface area contributed by atoms with Crippen LogP contribution in [0.3, 0.4) is 0 Å². The third kappa shape index (κ3) is 3.09. The van der Waals surface area contributed by atoms with Crippen molar-refractivity contribution in [3.05, 3.63) is 34.9 Å². The first-order chi connectivity index (χ1) is 10.1. The minimum absolute atomic E-state index is 0.186. The number of nitrogens with one attached hydrogen (secondary N) is 1. The van der Waals surface area contributed by atoms with Crippen molar-refractivity contribution in [2.75, 3.05) is 13.1 Å². The summed E-state index contributed by atoms with van der Waals surface area (Å²) in [6.07, 6.45) is 4.17. The van der Waals surface area contributed by atoms with E-state index in [9.17, 15) is 4.79 Å². The van der Waals surface area contributed by atoms with E-state index in [0.717, 1.165) is 49.4 Å². The van der Waals surface area contributed by atoms with E-state index in [4.69, 9.17) is 11.6 Å². The van der Waals surface area contributed by atoms with Gasteiger partial charge in [0.2, 0.25) is 5.91 Å². The van der Waals surface area contributed by atoms with Gasteiger partial charge in [-0.15, -0.1) is 0 Å². The largest absolute Gasteiger partial charge is 0.335 e. The fraction of sp³-hybridized carbons (Fsp3) is 0.588. The van der Waals surface area contributed by atoms with E-state index >= 15 is 0 Å². The van der Waals surface area contributed by atoms with Gasteiger partial charge in [-0.1, -0.05) is 30.7 Å². The summed E-state index contributed by atoms with van der Waals surface area (Å²) in [5.41, 5.74) is 0.978. The lowest BCUT2D eigenvalue weighted by Gasteiger charge is -2.33. The van der Waals surface area contributed by atoms with Crippen molar-refractivity contribution >= 4 is 17.5 Å². The zero-order chi connectivity index (χ0) is 14.9. The molecule has 0 aromatic heterocycles. The number of hydrogen-bond donors (Lipinski definition) is 1. The highest BCUT2D eigenvalue weighted by atomic mass is 35.5. The molecule has 0 spiro atoms. The molecule has 1 heterocycles. The molecule has 4 heteroatoms. The Morgan fingerprint density at radius 1 is 1.38 bits per heavy atom. The van der Waals surface area contributed by atoms with Crippen LogP contribution in [0.4, 0.5) is 0 Å². The van der Waals surface area contributed by atoms with E-state index in [1.165, 1.54) is 0 Å².